The fraction of sp³-hybridized carbons (Fsp3) is 0.250. The molecule has 0 aromatic carbocycles. The van der Waals surface area contributed by atoms with Gasteiger partial charge in [-0.3, -0.25) is 4.79 Å². The normalized spacial score (nSPS) is 9.31. The molecule has 0 aliphatic carbocycles. The number of aromatic nitrogens is 1. The minimum absolute atomic E-state index is 0.00606. The standard InChI is InChI=1S/C8H10N2O3/c1-2-9-8(12)13-6-4-3-5-10-7(6)11/h3-5H,2H2,1H3,(H,9,12)(H,10,11). The van der Waals surface area contributed by atoms with Gasteiger partial charge in [-0.1, -0.05) is 0 Å². The number of nitrogens with one attached hydrogen (secondary N) is 2. The molecule has 1 amide bonds. The third-order valence-corrected chi connectivity index (χ3v) is 1.31. The van der Waals surface area contributed by atoms with Crippen LogP contribution in [0.15, 0.2) is 23.1 Å². The molecule has 0 saturated heterocycles. The van der Waals surface area contributed by atoms with E-state index in [0.29, 0.717) is 6.54 Å². The third kappa shape index (κ3) is 2.62. The number of carbonyl (C=O) groups is 1. The van der Waals surface area contributed by atoms with Crippen molar-refractivity contribution in [3.05, 3.63) is 28.7 Å². The minimum Gasteiger partial charge on any atom is -0.404 e. The van der Waals surface area contributed by atoms with Crippen molar-refractivity contribution in [2.45, 2.75) is 6.92 Å². The van der Waals surface area contributed by atoms with Crippen LogP contribution >= 0.6 is 0 Å². The number of hydrogen-bond donors (Lipinski definition) is 2. The van der Waals surface area contributed by atoms with Gasteiger partial charge in [0.15, 0.2) is 5.75 Å². The van der Waals surface area contributed by atoms with Gasteiger partial charge in [0.1, 0.15) is 0 Å². The topological polar surface area (TPSA) is 71.2 Å². The summed E-state index contributed by atoms with van der Waals surface area (Å²) in [7, 11) is 0. The summed E-state index contributed by atoms with van der Waals surface area (Å²) in [6.45, 7) is 2.22. The van der Waals surface area contributed by atoms with E-state index < -0.39 is 11.7 Å². The Morgan fingerprint density at radius 1 is 1.69 bits per heavy atom. The highest BCUT2D eigenvalue weighted by molar-refractivity contribution is 5.69. The molecule has 0 spiro atoms. The van der Waals surface area contributed by atoms with Gasteiger partial charge >= 0.3 is 6.09 Å². The molecule has 13 heavy (non-hydrogen) atoms. The summed E-state index contributed by atoms with van der Waals surface area (Å²) < 4.78 is 4.69. The largest absolute Gasteiger partial charge is 0.412 e. The molecule has 0 aliphatic heterocycles. The first-order chi connectivity index (χ1) is 6.24. The fourth-order valence-corrected chi connectivity index (χ4v) is 0.767. The van der Waals surface area contributed by atoms with Crippen LogP contribution in [0.3, 0.4) is 0 Å². The maximum Gasteiger partial charge on any atom is 0.412 e. The molecular formula is C8H10N2O3. The molecule has 1 heterocycles. The Bertz CT molecular complexity index is 345. The van der Waals surface area contributed by atoms with Crippen LogP contribution in [0, 0.1) is 0 Å². The van der Waals surface area contributed by atoms with Crippen LogP contribution in [0.25, 0.3) is 0 Å². The molecule has 70 valence electrons. The van der Waals surface area contributed by atoms with Crippen molar-refractivity contribution < 1.29 is 9.53 Å². The van der Waals surface area contributed by atoms with Crippen LogP contribution in [0.2, 0.25) is 0 Å². The third-order valence-electron chi connectivity index (χ3n) is 1.31. The summed E-state index contributed by atoms with van der Waals surface area (Å²) in [6, 6.07) is 3.00. The molecule has 5 nitrogen and oxygen atoms in total. The molecule has 1 aromatic heterocycles. The molecule has 0 radical (unpaired) electrons. The van der Waals surface area contributed by atoms with Crippen LogP contribution in [0.4, 0.5) is 4.79 Å². The number of aromatic amines is 1. The average Bonchev–Trinajstić information content (AvgIpc) is 2.09. The van der Waals surface area contributed by atoms with Crippen molar-refractivity contribution in [3.8, 4) is 5.75 Å². The highest BCUT2D eigenvalue weighted by Crippen LogP contribution is 1.99. The number of rotatable bonds is 2. The van der Waals surface area contributed by atoms with E-state index in [9.17, 15) is 9.59 Å². The van der Waals surface area contributed by atoms with Gasteiger partial charge in [-0.2, -0.15) is 0 Å². The Balaban J connectivity index is 2.69. The van der Waals surface area contributed by atoms with Gasteiger partial charge in [-0.05, 0) is 19.1 Å². The second-order valence-corrected chi connectivity index (χ2v) is 2.28. The van der Waals surface area contributed by atoms with Gasteiger partial charge in [0, 0.05) is 12.7 Å². The quantitative estimate of drug-likeness (QED) is 0.698. The molecule has 1 rings (SSSR count). The molecule has 0 saturated carbocycles. The van der Waals surface area contributed by atoms with E-state index in [0.717, 1.165) is 0 Å². The number of amides is 1. The lowest BCUT2D eigenvalue weighted by Gasteiger charge is -2.02. The van der Waals surface area contributed by atoms with Crippen molar-refractivity contribution in [1.82, 2.24) is 10.3 Å². The van der Waals surface area contributed by atoms with Gasteiger partial charge in [-0.25, -0.2) is 4.79 Å². The number of H-pyrrole nitrogens is 1. The van der Waals surface area contributed by atoms with Crippen LogP contribution < -0.4 is 15.6 Å². The summed E-state index contributed by atoms with van der Waals surface area (Å²) in [5.41, 5.74) is -0.422. The molecule has 5 heteroatoms. The lowest BCUT2D eigenvalue weighted by atomic mass is 10.5. The van der Waals surface area contributed by atoms with Crippen LogP contribution in [-0.4, -0.2) is 17.6 Å². The lowest BCUT2D eigenvalue weighted by Crippen LogP contribution is -2.28. The summed E-state index contributed by atoms with van der Waals surface area (Å²) in [4.78, 5) is 24.3. The Hall–Kier alpha value is -1.78. The number of pyridine rings is 1. The molecule has 0 atom stereocenters. The number of ether oxygens (including phenoxy) is 1. The Kier molecular flexibility index (Phi) is 3.08. The van der Waals surface area contributed by atoms with Crippen molar-refractivity contribution >= 4 is 6.09 Å². The van der Waals surface area contributed by atoms with E-state index in [2.05, 4.69) is 10.3 Å². The van der Waals surface area contributed by atoms with E-state index in [1.807, 2.05) is 0 Å². The van der Waals surface area contributed by atoms with Crippen LogP contribution in [-0.2, 0) is 0 Å². The average molecular weight is 182 g/mol. The van der Waals surface area contributed by atoms with E-state index in [-0.39, 0.29) is 5.75 Å². The lowest BCUT2D eigenvalue weighted by molar-refractivity contribution is 0.200. The Morgan fingerprint density at radius 2 is 2.46 bits per heavy atom. The molecular weight excluding hydrogens is 172 g/mol. The summed E-state index contributed by atoms with van der Waals surface area (Å²) in [5.74, 6) is -0.00606. The number of hydrogen-bond acceptors (Lipinski definition) is 3. The molecule has 0 bridgehead atoms. The van der Waals surface area contributed by atoms with Crippen molar-refractivity contribution in [1.29, 1.82) is 0 Å². The second kappa shape index (κ2) is 4.30. The maximum atomic E-state index is 11.0. The second-order valence-electron chi connectivity index (χ2n) is 2.28. The van der Waals surface area contributed by atoms with Gasteiger partial charge in [-0.15, -0.1) is 0 Å². The molecule has 1 aromatic rings. The maximum absolute atomic E-state index is 11.0. The smallest absolute Gasteiger partial charge is 0.404 e. The molecule has 0 aliphatic rings. The van der Waals surface area contributed by atoms with Crippen LogP contribution in [0.5, 0.6) is 5.75 Å². The first kappa shape index (κ1) is 9.31. The number of carbonyl (C=O) groups excluding carboxylic acids is 1. The Labute approximate surface area is 74.7 Å². The zero-order valence-electron chi connectivity index (χ0n) is 7.16. The highest BCUT2D eigenvalue weighted by Gasteiger charge is 2.04. The van der Waals surface area contributed by atoms with Gasteiger partial charge in [0.05, 0.1) is 0 Å². The highest BCUT2D eigenvalue weighted by atomic mass is 16.6. The van der Waals surface area contributed by atoms with E-state index in [1.54, 1.807) is 13.0 Å². The van der Waals surface area contributed by atoms with Gasteiger partial charge in [0.2, 0.25) is 0 Å². The van der Waals surface area contributed by atoms with Gasteiger partial charge < -0.3 is 15.0 Å². The first-order valence-corrected chi connectivity index (χ1v) is 3.87. The first-order valence-electron chi connectivity index (χ1n) is 3.87. The summed E-state index contributed by atoms with van der Waals surface area (Å²) >= 11 is 0. The zero-order chi connectivity index (χ0) is 9.68. The summed E-state index contributed by atoms with van der Waals surface area (Å²) in [5, 5.41) is 2.41. The molecule has 0 fully saturated rings. The summed E-state index contributed by atoms with van der Waals surface area (Å²) in [6.07, 6.45) is 0.839. The monoisotopic (exact) mass is 182 g/mol. The van der Waals surface area contributed by atoms with Crippen molar-refractivity contribution in [2.24, 2.45) is 0 Å². The minimum atomic E-state index is -0.626. The molecule has 2 N–H and O–H groups in total. The predicted octanol–water partition coefficient (Wildman–Crippen LogP) is 0.483. The van der Waals surface area contributed by atoms with Gasteiger partial charge in [0.25, 0.3) is 5.56 Å². The van der Waals surface area contributed by atoms with E-state index >= 15 is 0 Å². The Morgan fingerprint density at radius 3 is 3.08 bits per heavy atom. The fourth-order valence-electron chi connectivity index (χ4n) is 0.767. The predicted molar refractivity (Wildman–Crippen MR) is 46.8 cm³/mol. The van der Waals surface area contributed by atoms with Crippen molar-refractivity contribution in [3.63, 3.8) is 0 Å². The van der Waals surface area contributed by atoms with Crippen LogP contribution in [0.1, 0.15) is 6.92 Å². The molecule has 0 unspecified atom stereocenters. The van der Waals surface area contributed by atoms with Crippen molar-refractivity contribution in [2.75, 3.05) is 6.54 Å². The SMILES string of the molecule is CCNC(=O)Oc1ccc[nH]c1=O. The van der Waals surface area contributed by atoms with E-state index in [4.69, 9.17) is 4.74 Å². The van der Waals surface area contributed by atoms with E-state index in [1.165, 1.54) is 12.3 Å². The zero-order valence-corrected chi connectivity index (χ0v) is 7.16.